The van der Waals surface area contributed by atoms with Crippen LogP contribution in [-0.4, -0.2) is 0 Å². The Labute approximate surface area is 278 Å². The molecule has 5 aromatic rings. The normalized spacial score (nSPS) is 12.9. The largest absolute Gasteiger partial charge is 0.416 e. The quantitative estimate of drug-likeness (QED) is 0.120. The third-order valence-electron chi connectivity index (χ3n) is 6.63. The summed E-state index contributed by atoms with van der Waals surface area (Å²) < 4.78 is 77.2. The number of thiophene rings is 3. The van der Waals surface area contributed by atoms with Gasteiger partial charge in [0.2, 0.25) is 0 Å². The molecule has 2 aromatic carbocycles. The Bertz CT molecular complexity index is 1920. The van der Waals surface area contributed by atoms with E-state index < -0.39 is 23.5 Å². The van der Waals surface area contributed by atoms with Crippen LogP contribution in [0.3, 0.4) is 0 Å². The summed E-state index contributed by atoms with van der Waals surface area (Å²) in [5.41, 5.74) is -0.185. The van der Waals surface area contributed by atoms with Gasteiger partial charge in [-0.25, -0.2) is 0 Å². The average molecular weight is 691 g/mol. The molecule has 11 heteroatoms. The van der Waals surface area contributed by atoms with Crippen LogP contribution in [0.1, 0.15) is 51.5 Å². The first-order valence-corrected chi connectivity index (χ1v) is 16.1. The van der Waals surface area contributed by atoms with Gasteiger partial charge in [-0.05, 0) is 108 Å². The molecule has 0 amide bonds. The van der Waals surface area contributed by atoms with Crippen LogP contribution >= 0.6 is 34.0 Å². The molecule has 47 heavy (non-hydrogen) atoms. The topological polar surface area (TPSA) is 47.6 Å². The van der Waals surface area contributed by atoms with Crippen LogP contribution in [0.4, 0.5) is 26.3 Å². The van der Waals surface area contributed by atoms with Crippen molar-refractivity contribution in [3.05, 3.63) is 136 Å². The van der Waals surface area contributed by atoms with Gasteiger partial charge in [-0.3, -0.25) is 0 Å². The van der Waals surface area contributed by atoms with Crippen molar-refractivity contribution in [3.8, 4) is 12.1 Å². The third-order valence-corrected chi connectivity index (χ3v) is 9.64. The van der Waals surface area contributed by atoms with Crippen molar-refractivity contribution >= 4 is 81.6 Å². The summed E-state index contributed by atoms with van der Waals surface area (Å²) in [7, 11) is 0. The van der Waals surface area contributed by atoms with Gasteiger partial charge in [0.25, 0.3) is 0 Å². The van der Waals surface area contributed by atoms with Crippen molar-refractivity contribution in [2.24, 2.45) is 0 Å². The number of nitrogens with zero attached hydrogens (tertiary/aromatic N) is 2. The summed E-state index contributed by atoms with van der Waals surface area (Å²) in [4.78, 5) is 5.51. The van der Waals surface area contributed by atoms with Crippen LogP contribution in [0.5, 0.6) is 0 Å². The lowest BCUT2D eigenvalue weighted by Crippen LogP contribution is -2.04. The van der Waals surface area contributed by atoms with Crippen molar-refractivity contribution in [2.45, 2.75) is 12.4 Å². The van der Waals surface area contributed by atoms with E-state index in [4.69, 9.17) is 0 Å². The highest BCUT2D eigenvalue weighted by Crippen LogP contribution is 2.33. The predicted octanol–water partition coefficient (Wildman–Crippen LogP) is 12.4. The number of allylic oxidation sites excluding steroid dienone is 2. The highest BCUT2D eigenvalue weighted by Gasteiger charge is 2.30. The molecule has 0 aliphatic carbocycles. The minimum Gasteiger partial charge on any atom is -0.192 e. The molecule has 234 valence electrons. The maximum absolute atomic E-state index is 12.9. The molecule has 0 aliphatic heterocycles. The fourth-order valence-electron chi connectivity index (χ4n) is 4.27. The Morgan fingerprint density at radius 3 is 1.00 bits per heavy atom. The predicted molar refractivity (Wildman–Crippen MR) is 181 cm³/mol. The fourth-order valence-corrected chi connectivity index (χ4v) is 6.80. The van der Waals surface area contributed by atoms with Crippen molar-refractivity contribution in [2.75, 3.05) is 0 Å². The maximum Gasteiger partial charge on any atom is 0.416 e. The van der Waals surface area contributed by atoms with Crippen LogP contribution in [-0.2, 0) is 12.4 Å². The van der Waals surface area contributed by atoms with E-state index in [1.165, 1.54) is 46.9 Å². The second-order valence-corrected chi connectivity index (χ2v) is 13.3. The lowest BCUT2D eigenvalue weighted by atomic mass is 10.0. The van der Waals surface area contributed by atoms with E-state index in [-0.39, 0.29) is 11.1 Å². The van der Waals surface area contributed by atoms with E-state index in [0.29, 0.717) is 11.1 Å². The molecule has 0 N–H and O–H groups in total. The van der Waals surface area contributed by atoms with Gasteiger partial charge in [-0.1, -0.05) is 24.3 Å². The van der Waals surface area contributed by atoms with Crippen LogP contribution in [0.2, 0.25) is 0 Å². The molecule has 0 unspecified atom stereocenters. The standard InChI is InChI=1S/C36H20F6N2S3/c37-35(38,39)27-5-1-23(2-6-27)25(21-43)19-33-17-15-31(46-33)13-11-29-9-10-30(45-29)12-14-32-16-18-34(47-32)20-26(22-44)24-3-7-28(8-4-24)36(40,41)42/h1-20H/b13-11+,14-12+,25-19+,26-20+. The van der Waals surface area contributed by atoms with E-state index in [9.17, 15) is 36.9 Å². The van der Waals surface area contributed by atoms with Crippen molar-refractivity contribution < 1.29 is 26.3 Å². The molecule has 0 atom stereocenters. The molecule has 5 rings (SSSR count). The Morgan fingerprint density at radius 1 is 0.447 bits per heavy atom. The summed E-state index contributed by atoms with van der Waals surface area (Å²) in [6.45, 7) is 0. The third kappa shape index (κ3) is 8.87. The zero-order valence-electron chi connectivity index (χ0n) is 23.9. The van der Waals surface area contributed by atoms with Crippen molar-refractivity contribution in [3.63, 3.8) is 0 Å². The summed E-state index contributed by atoms with van der Waals surface area (Å²) in [6, 6.07) is 24.6. The van der Waals surface area contributed by atoms with Gasteiger partial charge in [0.05, 0.1) is 34.4 Å². The minimum atomic E-state index is -4.44. The summed E-state index contributed by atoms with van der Waals surface area (Å²) >= 11 is 4.48. The molecule has 3 aromatic heterocycles. The summed E-state index contributed by atoms with van der Waals surface area (Å²) in [5.74, 6) is 0. The number of alkyl halides is 6. The molecule has 3 heterocycles. The van der Waals surface area contributed by atoms with Gasteiger partial charge in [0.1, 0.15) is 0 Å². The van der Waals surface area contributed by atoms with Gasteiger partial charge in [0, 0.05) is 29.3 Å². The molecular formula is C36H20F6N2S3. The Hall–Kier alpha value is -4.94. The highest BCUT2D eigenvalue weighted by atomic mass is 32.1. The lowest BCUT2D eigenvalue weighted by molar-refractivity contribution is -0.138. The molecule has 2 nitrogen and oxygen atoms in total. The van der Waals surface area contributed by atoms with Gasteiger partial charge in [0.15, 0.2) is 0 Å². The monoisotopic (exact) mass is 690 g/mol. The second kappa shape index (κ2) is 14.2. The number of rotatable bonds is 8. The number of hydrogen-bond acceptors (Lipinski definition) is 5. The molecule has 0 radical (unpaired) electrons. The first-order valence-electron chi connectivity index (χ1n) is 13.7. The number of hydrogen-bond donors (Lipinski definition) is 0. The first-order chi connectivity index (χ1) is 22.4. The van der Waals surface area contributed by atoms with Crippen molar-refractivity contribution in [1.82, 2.24) is 0 Å². The zero-order chi connectivity index (χ0) is 33.6. The summed E-state index contributed by atoms with van der Waals surface area (Å²) in [6.07, 6.45) is 2.28. The molecule has 0 fully saturated rings. The van der Waals surface area contributed by atoms with E-state index in [1.54, 1.807) is 23.5 Å². The zero-order valence-corrected chi connectivity index (χ0v) is 26.4. The number of halogens is 6. The van der Waals surface area contributed by atoms with Crippen LogP contribution < -0.4 is 0 Å². The van der Waals surface area contributed by atoms with Gasteiger partial charge < -0.3 is 0 Å². The molecule has 0 saturated carbocycles. The molecule has 0 bridgehead atoms. The van der Waals surface area contributed by atoms with Gasteiger partial charge in [-0.15, -0.1) is 34.0 Å². The van der Waals surface area contributed by atoms with Crippen LogP contribution in [0.25, 0.3) is 47.6 Å². The van der Waals surface area contributed by atoms with Gasteiger partial charge in [-0.2, -0.15) is 36.9 Å². The average Bonchev–Trinajstić information content (AvgIpc) is 3.81. The number of nitriles is 2. The first kappa shape index (κ1) is 33.4. The molecular weight excluding hydrogens is 671 g/mol. The second-order valence-electron chi connectivity index (χ2n) is 9.88. The highest BCUT2D eigenvalue weighted by molar-refractivity contribution is 7.15. The Balaban J connectivity index is 1.21. The Kier molecular flexibility index (Phi) is 10.1. The summed E-state index contributed by atoms with van der Waals surface area (Å²) in [5, 5.41) is 19.1. The number of benzene rings is 2. The smallest absolute Gasteiger partial charge is 0.192 e. The Morgan fingerprint density at radius 2 is 0.723 bits per heavy atom. The molecule has 0 aliphatic rings. The van der Waals surface area contributed by atoms with Crippen LogP contribution in [0.15, 0.2) is 84.9 Å². The molecule has 0 spiro atoms. The lowest BCUT2D eigenvalue weighted by Gasteiger charge is -2.07. The van der Waals surface area contributed by atoms with E-state index in [2.05, 4.69) is 12.1 Å². The minimum absolute atomic E-state index is 0.268. The maximum atomic E-state index is 12.9. The van der Waals surface area contributed by atoms with E-state index >= 15 is 0 Å². The van der Waals surface area contributed by atoms with Crippen LogP contribution in [0, 0.1) is 22.7 Å². The SMILES string of the molecule is N#C/C(=C\c1ccc(/C=C/c2ccc(/C=C/c3ccc(/C=C(\C#N)c4ccc(C(F)(F)F)cc4)s3)s2)s1)c1ccc(C(F)(F)F)cc1. The van der Waals surface area contributed by atoms with Crippen molar-refractivity contribution in [1.29, 1.82) is 10.5 Å². The molecule has 0 saturated heterocycles. The fraction of sp³-hybridized carbons (Fsp3) is 0.0556. The van der Waals surface area contributed by atoms with E-state index in [1.807, 2.05) is 60.7 Å². The van der Waals surface area contributed by atoms with E-state index in [0.717, 1.165) is 53.5 Å². The van der Waals surface area contributed by atoms with Gasteiger partial charge >= 0.3 is 12.4 Å².